The van der Waals surface area contributed by atoms with E-state index in [1.165, 1.54) is 6.33 Å². The van der Waals surface area contributed by atoms with Gasteiger partial charge in [0, 0.05) is 18.7 Å². The molecule has 1 saturated heterocycles. The van der Waals surface area contributed by atoms with E-state index in [1.54, 1.807) is 12.1 Å². The molecule has 2 fully saturated rings. The molecule has 5 rings (SSSR count). The van der Waals surface area contributed by atoms with Crippen LogP contribution in [-0.4, -0.2) is 35.1 Å². The summed E-state index contributed by atoms with van der Waals surface area (Å²) in [5, 5.41) is 23.1. The van der Waals surface area contributed by atoms with Crippen molar-refractivity contribution in [2.45, 2.75) is 63.5 Å². The molecule has 31 heavy (non-hydrogen) atoms. The third kappa shape index (κ3) is 3.67. The summed E-state index contributed by atoms with van der Waals surface area (Å²) in [6.45, 7) is 3.33. The molecule has 3 N–H and O–H groups in total. The van der Waals surface area contributed by atoms with E-state index in [2.05, 4.69) is 25.9 Å². The number of aromatic nitrogens is 3. The Balaban J connectivity index is 1.44. The highest BCUT2D eigenvalue weighted by Crippen LogP contribution is 2.42. The van der Waals surface area contributed by atoms with Crippen LogP contribution in [-0.2, 0) is 10.3 Å². The Morgan fingerprint density at radius 2 is 2.00 bits per heavy atom. The number of nitrogens with zero attached hydrogens (tertiary/aromatic N) is 3. The van der Waals surface area contributed by atoms with E-state index in [0.717, 1.165) is 61.8 Å². The van der Waals surface area contributed by atoms with Crippen LogP contribution in [0.25, 0.3) is 0 Å². The topological polar surface area (TPSA) is 115 Å². The van der Waals surface area contributed by atoms with Crippen LogP contribution in [0.4, 0.5) is 17.5 Å². The molecule has 2 aromatic rings. The summed E-state index contributed by atoms with van der Waals surface area (Å²) in [7, 11) is 0. The Labute approximate surface area is 181 Å². The van der Waals surface area contributed by atoms with Gasteiger partial charge in [-0.05, 0) is 38.2 Å². The summed E-state index contributed by atoms with van der Waals surface area (Å²) < 4.78 is 6.40. The van der Waals surface area contributed by atoms with Crippen LogP contribution in [0.3, 0.4) is 0 Å². The standard InChI is InChI=1S/C22H28N6O3/c1-14-10-18(26-17-11-16(23-13-24-17)25-15-6-5-9-31-12-15)28(30)20-19(14)21(29)27-22(20)7-3-2-4-8-22/h10-11,13,15H,2-9,12H2,1H3,(H,27,29)(H2,23,24,25,26)/t15-/m0/s1. The fourth-order valence-corrected chi connectivity index (χ4v) is 5.11. The van der Waals surface area contributed by atoms with Crippen molar-refractivity contribution in [1.29, 1.82) is 0 Å². The lowest BCUT2D eigenvalue weighted by atomic mass is 9.79. The number of carbonyl (C=O) groups excluding carboxylic acids is 1. The Kier molecular flexibility index (Phi) is 5.13. The average Bonchev–Trinajstić information content (AvgIpc) is 3.05. The van der Waals surface area contributed by atoms with Gasteiger partial charge in [0.2, 0.25) is 5.82 Å². The van der Waals surface area contributed by atoms with E-state index in [-0.39, 0.29) is 11.9 Å². The second-order valence-corrected chi connectivity index (χ2v) is 8.80. The van der Waals surface area contributed by atoms with Gasteiger partial charge in [-0.15, -0.1) is 0 Å². The molecule has 0 bridgehead atoms. The van der Waals surface area contributed by atoms with Crippen molar-refractivity contribution in [3.05, 3.63) is 40.5 Å². The normalized spacial score (nSPS) is 22.1. The third-order valence-electron chi connectivity index (χ3n) is 6.58. The van der Waals surface area contributed by atoms with E-state index >= 15 is 0 Å². The maximum Gasteiger partial charge on any atom is 0.284 e. The molecule has 9 heteroatoms. The van der Waals surface area contributed by atoms with E-state index in [0.29, 0.717) is 35.3 Å². The molecule has 1 amide bonds. The number of pyridine rings is 1. The Morgan fingerprint density at radius 1 is 1.19 bits per heavy atom. The van der Waals surface area contributed by atoms with Gasteiger partial charge in [-0.3, -0.25) is 4.79 Å². The van der Waals surface area contributed by atoms with Crippen LogP contribution in [0.1, 0.15) is 66.6 Å². The van der Waals surface area contributed by atoms with Crippen LogP contribution >= 0.6 is 0 Å². The highest BCUT2D eigenvalue weighted by Gasteiger charge is 2.48. The molecule has 9 nitrogen and oxygen atoms in total. The predicted molar refractivity (Wildman–Crippen MR) is 115 cm³/mol. The zero-order valence-corrected chi connectivity index (χ0v) is 17.7. The van der Waals surface area contributed by atoms with Crippen molar-refractivity contribution in [2.75, 3.05) is 23.8 Å². The van der Waals surface area contributed by atoms with Crippen molar-refractivity contribution in [2.24, 2.45) is 0 Å². The lowest BCUT2D eigenvalue weighted by Gasteiger charge is -2.34. The second-order valence-electron chi connectivity index (χ2n) is 8.80. The van der Waals surface area contributed by atoms with Gasteiger partial charge >= 0.3 is 0 Å². The van der Waals surface area contributed by atoms with Crippen molar-refractivity contribution in [1.82, 2.24) is 15.3 Å². The van der Waals surface area contributed by atoms with E-state index < -0.39 is 5.54 Å². The summed E-state index contributed by atoms with van der Waals surface area (Å²) in [5.41, 5.74) is 1.29. The largest absolute Gasteiger partial charge is 0.710 e. The quantitative estimate of drug-likeness (QED) is 0.510. The molecule has 0 aromatic carbocycles. The van der Waals surface area contributed by atoms with Gasteiger partial charge in [0.1, 0.15) is 23.4 Å². The third-order valence-corrected chi connectivity index (χ3v) is 6.58. The number of hydrogen-bond acceptors (Lipinski definition) is 7. The van der Waals surface area contributed by atoms with Gasteiger partial charge in [0.25, 0.3) is 11.7 Å². The van der Waals surface area contributed by atoms with Crippen LogP contribution in [0.5, 0.6) is 0 Å². The molecular formula is C22H28N6O3. The zero-order chi connectivity index (χ0) is 21.4. The van der Waals surface area contributed by atoms with E-state index in [4.69, 9.17) is 4.74 Å². The minimum absolute atomic E-state index is 0.145. The molecular weight excluding hydrogens is 396 g/mol. The first-order valence-electron chi connectivity index (χ1n) is 11.1. The van der Waals surface area contributed by atoms with Crippen LogP contribution < -0.4 is 20.7 Å². The molecule has 2 aromatic heterocycles. The average molecular weight is 425 g/mol. The Hall–Kier alpha value is -2.94. The first-order chi connectivity index (χ1) is 15.1. The molecule has 1 aliphatic carbocycles. The molecule has 4 heterocycles. The second kappa shape index (κ2) is 7.96. The summed E-state index contributed by atoms with van der Waals surface area (Å²) in [4.78, 5) is 21.3. The number of fused-ring (bicyclic) bond motifs is 2. The molecule has 0 unspecified atom stereocenters. The van der Waals surface area contributed by atoms with Gasteiger partial charge in [0.15, 0.2) is 0 Å². The summed E-state index contributed by atoms with van der Waals surface area (Å²) in [6, 6.07) is 3.72. The van der Waals surface area contributed by atoms with Gasteiger partial charge < -0.3 is 20.6 Å². The number of amides is 1. The summed E-state index contributed by atoms with van der Waals surface area (Å²) >= 11 is 0. The monoisotopic (exact) mass is 424 g/mol. The molecule has 1 atom stereocenters. The molecule has 1 spiro atoms. The van der Waals surface area contributed by atoms with Crippen molar-refractivity contribution in [3.8, 4) is 0 Å². The van der Waals surface area contributed by atoms with Crippen LogP contribution in [0.15, 0.2) is 18.5 Å². The SMILES string of the molecule is Cc1cc(Nc2cc(N[C@H]3CCCOC3)ncn2)[n+]([O-])c2c1C(=O)NC21CCCCC1. The molecule has 1 saturated carbocycles. The van der Waals surface area contributed by atoms with Gasteiger partial charge in [0.05, 0.1) is 18.2 Å². The lowest BCUT2D eigenvalue weighted by molar-refractivity contribution is -0.603. The number of carbonyl (C=O) groups is 1. The number of hydrogen-bond donors (Lipinski definition) is 3. The van der Waals surface area contributed by atoms with Crippen molar-refractivity contribution < 1.29 is 14.3 Å². The predicted octanol–water partition coefficient (Wildman–Crippen LogP) is 2.66. The molecule has 0 radical (unpaired) electrons. The molecule has 164 valence electrons. The number of rotatable bonds is 4. The maximum absolute atomic E-state index is 13.4. The van der Waals surface area contributed by atoms with E-state index in [9.17, 15) is 10.0 Å². The fraction of sp³-hybridized carbons (Fsp3) is 0.545. The summed E-state index contributed by atoms with van der Waals surface area (Å²) in [5.74, 6) is 1.43. The smallest absolute Gasteiger partial charge is 0.284 e. The first kappa shape index (κ1) is 20.0. The number of nitrogens with one attached hydrogen (secondary N) is 3. The number of aryl methyl sites for hydroxylation is 1. The minimum Gasteiger partial charge on any atom is -0.710 e. The number of ether oxygens (including phenoxy) is 1. The van der Waals surface area contributed by atoms with Crippen molar-refractivity contribution in [3.63, 3.8) is 0 Å². The van der Waals surface area contributed by atoms with Gasteiger partial charge in [-0.2, -0.15) is 4.98 Å². The fourth-order valence-electron chi connectivity index (χ4n) is 5.11. The first-order valence-corrected chi connectivity index (χ1v) is 11.1. The number of anilines is 3. The Morgan fingerprint density at radius 3 is 2.77 bits per heavy atom. The lowest BCUT2D eigenvalue weighted by Crippen LogP contribution is -2.49. The summed E-state index contributed by atoms with van der Waals surface area (Å²) in [6.07, 6.45) is 8.24. The van der Waals surface area contributed by atoms with Gasteiger partial charge in [-0.25, -0.2) is 15.0 Å². The highest BCUT2D eigenvalue weighted by molar-refractivity contribution is 6.00. The maximum atomic E-state index is 13.4. The van der Waals surface area contributed by atoms with Crippen molar-refractivity contribution >= 4 is 23.4 Å². The Bertz CT molecular complexity index is 999. The van der Waals surface area contributed by atoms with E-state index in [1.807, 2.05) is 6.92 Å². The molecule has 3 aliphatic rings. The highest BCUT2D eigenvalue weighted by atomic mass is 16.5. The van der Waals surface area contributed by atoms with Crippen LogP contribution in [0.2, 0.25) is 0 Å². The van der Waals surface area contributed by atoms with Gasteiger partial charge in [-0.1, -0.05) is 19.3 Å². The molecule has 2 aliphatic heterocycles. The minimum atomic E-state index is -0.561. The van der Waals surface area contributed by atoms with Crippen LogP contribution in [0, 0.1) is 12.1 Å². The zero-order valence-electron chi connectivity index (χ0n) is 17.7.